The third kappa shape index (κ3) is 3.47. The Labute approximate surface area is 81.1 Å². The summed E-state index contributed by atoms with van der Waals surface area (Å²) in [6.45, 7) is 1.69. The van der Waals surface area contributed by atoms with Crippen LogP contribution in [0.3, 0.4) is 0 Å². The van der Waals surface area contributed by atoms with Gasteiger partial charge in [0.25, 0.3) is 0 Å². The summed E-state index contributed by atoms with van der Waals surface area (Å²) < 4.78 is 0. The zero-order valence-corrected chi connectivity index (χ0v) is 8.81. The molecule has 0 aromatic rings. The lowest BCUT2D eigenvalue weighted by Gasteiger charge is -2.29. The number of Topliss-reactive ketones (excluding diaryl/α,β-unsaturated/α-hetero) is 1. The second-order valence-corrected chi connectivity index (χ2v) is 4.20. The minimum absolute atomic E-state index is 0.310. The largest absolute Gasteiger partial charge is 0.316 e. The van der Waals surface area contributed by atoms with Gasteiger partial charge in [-0.2, -0.15) is 0 Å². The Kier molecular flexibility index (Phi) is 4.43. The lowest BCUT2D eigenvalue weighted by molar-refractivity contribution is -0.117. The number of carbonyl (C=O) groups excluding carboxylic acids is 1. The fourth-order valence-corrected chi connectivity index (χ4v) is 2.35. The molecule has 0 heterocycles. The number of nitrogens with one attached hydrogen (secondary N) is 1. The maximum absolute atomic E-state index is 11.0. The topological polar surface area (TPSA) is 29.1 Å². The third-order valence-electron chi connectivity index (χ3n) is 3.10. The molecule has 1 aliphatic carbocycles. The van der Waals surface area contributed by atoms with Crippen LogP contribution in [0.5, 0.6) is 0 Å². The van der Waals surface area contributed by atoms with E-state index in [4.69, 9.17) is 0 Å². The molecule has 1 N–H and O–H groups in total. The molecule has 0 aromatic heterocycles. The van der Waals surface area contributed by atoms with Crippen LogP contribution in [0.1, 0.15) is 45.4 Å². The highest BCUT2D eigenvalue weighted by Crippen LogP contribution is 2.27. The van der Waals surface area contributed by atoms with E-state index >= 15 is 0 Å². The van der Waals surface area contributed by atoms with Gasteiger partial charge in [0, 0.05) is 12.5 Å². The zero-order chi connectivity index (χ0) is 9.68. The lowest BCUT2D eigenvalue weighted by atomic mass is 9.82. The van der Waals surface area contributed by atoms with Gasteiger partial charge in [0.15, 0.2) is 0 Å². The Morgan fingerprint density at radius 1 is 1.38 bits per heavy atom. The predicted octanol–water partition coefficient (Wildman–Crippen LogP) is 2.13. The van der Waals surface area contributed by atoms with Gasteiger partial charge in [0.05, 0.1) is 0 Å². The molecule has 1 unspecified atom stereocenters. The van der Waals surface area contributed by atoms with Crippen LogP contribution in [-0.4, -0.2) is 18.9 Å². The minimum atomic E-state index is 0.310. The molecule has 2 heteroatoms. The normalized spacial score (nSPS) is 21.4. The third-order valence-corrected chi connectivity index (χ3v) is 3.10. The van der Waals surface area contributed by atoms with Gasteiger partial charge < -0.3 is 5.32 Å². The monoisotopic (exact) mass is 183 g/mol. The van der Waals surface area contributed by atoms with Crippen LogP contribution in [0.25, 0.3) is 0 Å². The first-order valence-corrected chi connectivity index (χ1v) is 5.40. The molecule has 0 bridgehead atoms. The Hall–Kier alpha value is -0.370. The van der Waals surface area contributed by atoms with Crippen LogP contribution < -0.4 is 5.32 Å². The molecular formula is C11H21NO. The highest BCUT2D eigenvalue weighted by atomic mass is 16.1. The van der Waals surface area contributed by atoms with Gasteiger partial charge >= 0.3 is 0 Å². The predicted molar refractivity (Wildman–Crippen MR) is 54.7 cm³/mol. The Morgan fingerprint density at radius 3 is 2.46 bits per heavy atom. The molecule has 2 nitrogen and oxygen atoms in total. The van der Waals surface area contributed by atoms with Crippen molar-refractivity contribution < 1.29 is 4.79 Å². The number of rotatable bonds is 4. The van der Waals surface area contributed by atoms with Crippen molar-refractivity contribution in [2.45, 2.75) is 51.5 Å². The van der Waals surface area contributed by atoms with Crippen LogP contribution >= 0.6 is 0 Å². The van der Waals surface area contributed by atoms with Gasteiger partial charge in [0.2, 0.25) is 0 Å². The first kappa shape index (κ1) is 10.7. The second-order valence-electron chi connectivity index (χ2n) is 4.20. The van der Waals surface area contributed by atoms with Gasteiger partial charge in [-0.1, -0.05) is 19.3 Å². The summed E-state index contributed by atoms with van der Waals surface area (Å²) in [4.78, 5) is 11.0. The molecule has 76 valence electrons. The second kappa shape index (κ2) is 5.38. The number of carbonyl (C=O) groups is 1. The quantitative estimate of drug-likeness (QED) is 0.723. The SMILES string of the molecule is CNC(CC(C)=O)C1CCCCC1. The Bertz CT molecular complexity index is 161. The van der Waals surface area contributed by atoms with Crippen molar-refractivity contribution >= 4 is 5.78 Å². The fraction of sp³-hybridized carbons (Fsp3) is 0.909. The van der Waals surface area contributed by atoms with Crippen LogP contribution in [-0.2, 0) is 4.79 Å². The average molecular weight is 183 g/mol. The molecular weight excluding hydrogens is 162 g/mol. The minimum Gasteiger partial charge on any atom is -0.316 e. The number of ketones is 1. The van der Waals surface area contributed by atoms with Crippen molar-refractivity contribution in [2.24, 2.45) is 5.92 Å². The standard InChI is InChI=1S/C11H21NO/c1-9(13)8-11(12-2)10-6-4-3-5-7-10/h10-12H,3-8H2,1-2H3. The van der Waals surface area contributed by atoms with E-state index in [-0.39, 0.29) is 0 Å². The molecule has 0 radical (unpaired) electrons. The molecule has 0 aliphatic heterocycles. The summed E-state index contributed by atoms with van der Waals surface area (Å²) in [7, 11) is 1.97. The van der Waals surface area contributed by atoms with Crippen LogP contribution in [0, 0.1) is 5.92 Å². The van der Waals surface area contributed by atoms with Crippen molar-refractivity contribution in [2.75, 3.05) is 7.05 Å². The van der Waals surface area contributed by atoms with E-state index in [0.717, 1.165) is 5.92 Å². The number of hydrogen-bond donors (Lipinski definition) is 1. The molecule has 13 heavy (non-hydrogen) atoms. The van der Waals surface area contributed by atoms with Gasteiger partial charge in [-0.3, -0.25) is 4.79 Å². The van der Waals surface area contributed by atoms with Crippen molar-refractivity contribution in [3.8, 4) is 0 Å². The van der Waals surface area contributed by atoms with Gasteiger partial charge in [-0.15, -0.1) is 0 Å². The maximum Gasteiger partial charge on any atom is 0.131 e. The first-order valence-electron chi connectivity index (χ1n) is 5.40. The molecule has 1 rings (SSSR count). The summed E-state index contributed by atoms with van der Waals surface area (Å²) in [6, 6.07) is 0.429. The van der Waals surface area contributed by atoms with Crippen molar-refractivity contribution in [3.05, 3.63) is 0 Å². The highest BCUT2D eigenvalue weighted by Gasteiger charge is 2.22. The smallest absolute Gasteiger partial charge is 0.131 e. The average Bonchev–Trinajstić information content (AvgIpc) is 2.15. The van der Waals surface area contributed by atoms with E-state index in [1.54, 1.807) is 6.92 Å². The van der Waals surface area contributed by atoms with Gasteiger partial charge in [0.1, 0.15) is 5.78 Å². The summed E-state index contributed by atoms with van der Waals surface area (Å²) in [5.41, 5.74) is 0. The Morgan fingerprint density at radius 2 is 2.00 bits per heavy atom. The summed E-state index contributed by atoms with van der Waals surface area (Å²) in [5, 5.41) is 3.28. The molecule has 0 aromatic carbocycles. The van der Waals surface area contributed by atoms with Gasteiger partial charge in [-0.05, 0) is 32.7 Å². The molecule has 1 saturated carbocycles. The van der Waals surface area contributed by atoms with E-state index in [1.807, 2.05) is 7.05 Å². The zero-order valence-electron chi connectivity index (χ0n) is 8.81. The Balaban J connectivity index is 2.39. The molecule has 1 atom stereocenters. The lowest BCUT2D eigenvalue weighted by Crippen LogP contribution is -2.36. The molecule has 0 amide bonds. The van der Waals surface area contributed by atoms with Crippen molar-refractivity contribution in [1.29, 1.82) is 0 Å². The first-order chi connectivity index (χ1) is 6.24. The van der Waals surface area contributed by atoms with Gasteiger partial charge in [-0.25, -0.2) is 0 Å². The van der Waals surface area contributed by atoms with Crippen LogP contribution in [0.4, 0.5) is 0 Å². The summed E-state index contributed by atoms with van der Waals surface area (Å²) in [5.74, 6) is 1.05. The van der Waals surface area contributed by atoms with Crippen molar-refractivity contribution in [1.82, 2.24) is 5.32 Å². The van der Waals surface area contributed by atoms with E-state index in [1.165, 1.54) is 32.1 Å². The maximum atomic E-state index is 11.0. The van der Waals surface area contributed by atoms with E-state index < -0.39 is 0 Å². The summed E-state index contributed by atoms with van der Waals surface area (Å²) >= 11 is 0. The van der Waals surface area contributed by atoms with Crippen LogP contribution in [0.15, 0.2) is 0 Å². The van der Waals surface area contributed by atoms with Crippen LogP contribution in [0.2, 0.25) is 0 Å². The molecule has 0 saturated heterocycles. The summed E-state index contributed by atoms with van der Waals surface area (Å²) in [6.07, 6.45) is 7.40. The van der Waals surface area contributed by atoms with E-state index in [0.29, 0.717) is 18.2 Å². The van der Waals surface area contributed by atoms with Crippen molar-refractivity contribution in [3.63, 3.8) is 0 Å². The molecule has 0 spiro atoms. The molecule has 1 fully saturated rings. The molecule has 1 aliphatic rings. The highest BCUT2D eigenvalue weighted by molar-refractivity contribution is 5.76. The fourth-order valence-electron chi connectivity index (χ4n) is 2.35. The van der Waals surface area contributed by atoms with E-state index in [9.17, 15) is 4.79 Å². The van der Waals surface area contributed by atoms with E-state index in [2.05, 4.69) is 5.32 Å². The number of hydrogen-bond acceptors (Lipinski definition) is 2.